The largest absolute Gasteiger partial charge is 0.501 e. The zero-order valence-electron chi connectivity index (χ0n) is 18.3. The first-order valence-electron chi connectivity index (χ1n) is 9.91. The number of rotatable bonds is 6. The summed E-state index contributed by atoms with van der Waals surface area (Å²) in [6.45, 7) is 4.53. The first kappa shape index (κ1) is 25.1. The molecule has 34 heavy (non-hydrogen) atoms. The maximum atomic E-state index is 13.2. The van der Waals surface area contributed by atoms with Gasteiger partial charge in [-0.15, -0.1) is 0 Å². The average Bonchev–Trinajstić information content (AvgIpc) is 2.93. The van der Waals surface area contributed by atoms with Crippen LogP contribution in [0.15, 0.2) is 47.6 Å². The quantitative estimate of drug-likeness (QED) is 0.443. The predicted molar refractivity (Wildman–Crippen MR) is 112 cm³/mol. The molecule has 0 atom stereocenters. The van der Waals surface area contributed by atoms with Crippen molar-refractivity contribution in [3.05, 3.63) is 53.9 Å². The highest BCUT2D eigenvalue weighted by molar-refractivity contribution is 7.92. The Morgan fingerprint density at radius 1 is 1.12 bits per heavy atom. The summed E-state index contributed by atoms with van der Waals surface area (Å²) in [5, 5.41) is 0. The van der Waals surface area contributed by atoms with Gasteiger partial charge in [-0.1, -0.05) is 0 Å². The molecule has 0 radical (unpaired) electrons. The van der Waals surface area contributed by atoms with E-state index in [1.54, 1.807) is 6.92 Å². The van der Waals surface area contributed by atoms with E-state index in [1.807, 2.05) is 0 Å². The topological polar surface area (TPSA) is 114 Å². The Morgan fingerprint density at radius 2 is 1.74 bits per heavy atom. The van der Waals surface area contributed by atoms with Crippen molar-refractivity contribution in [3.63, 3.8) is 0 Å². The molecule has 182 valence electrons. The molecular formula is C21H20F3N3O6S. The lowest BCUT2D eigenvalue weighted by atomic mass is 10.0. The third-order valence-corrected chi connectivity index (χ3v) is 6.77. The molecule has 1 aromatic heterocycles. The van der Waals surface area contributed by atoms with Crippen LogP contribution >= 0.6 is 0 Å². The summed E-state index contributed by atoms with van der Waals surface area (Å²) in [6.07, 6.45) is 2.69. The van der Waals surface area contributed by atoms with Gasteiger partial charge in [0.2, 0.25) is 0 Å². The molecule has 9 nitrogen and oxygen atoms in total. The summed E-state index contributed by atoms with van der Waals surface area (Å²) in [6, 6.07) is 3.95. The van der Waals surface area contributed by atoms with Gasteiger partial charge in [0.05, 0.1) is 22.8 Å². The number of urea groups is 1. The molecule has 0 aliphatic carbocycles. The Kier molecular flexibility index (Phi) is 6.44. The van der Waals surface area contributed by atoms with Gasteiger partial charge in [-0.2, -0.15) is 13.2 Å². The molecule has 1 aliphatic heterocycles. The van der Waals surface area contributed by atoms with Gasteiger partial charge in [-0.3, -0.25) is 9.78 Å². The number of hydrogen-bond acceptors (Lipinski definition) is 7. The van der Waals surface area contributed by atoms with Crippen LogP contribution in [0.25, 0.3) is 0 Å². The maximum absolute atomic E-state index is 13.2. The fraction of sp³-hybridized carbons (Fsp3) is 0.333. The van der Waals surface area contributed by atoms with Gasteiger partial charge in [0, 0.05) is 18.9 Å². The van der Waals surface area contributed by atoms with Crippen LogP contribution in [0.3, 0.4) is 0 Å². The third-order valence-electron chi connectivity index (χ3n) is 5.27. The van der Waals surface area contributed by atoms with Crippen molar-refractivity contribution in [2.75, 3.05) is 11.5 Å². The fourth-order valence-corrected chi connectivity index (χ4v) is 4.12. The lowest BCUT2D eigenvalue weighted by molar-refractivity contribution is -0.123. The number of anilines is 1. The number of pyridine rings is 1. The molecular weight excluding hydrogens is 479 g/mol. The molecule has 0 spiro atoms. The van der Waals surface area contributed by atoms with Gasteiger partial charge in [-0.25, -0.2) is 22.9 Å². The highest BCUT2D eigenvalue weighted by atomic mass is 32.2. The maximum Gasteiger partial charge on any atom is 0.501 e. The minimum absolute atomic E-state index is 0.105. The van der Waals surface area contributed by atoms with E-state index in [2.05, 4.69) is 4.98 Å². The minimum Gasteiger partial charge on any atom is -0.462 e. The zero-order chi connectivity index (χ0) is 25.5. The van der Waals surface area contributed by atoms with Crippen LogP contribution in [-0.4, -0.2) is 53.9 Å². The fourth-order valence-electron chi connectivity index (χ4n) is 3.36. The van der Waals surface area contributed by atoms with Crippen LogP contribution in [0.2, 0.25) is 0 Å². The second-order valence-corrected chi connectivity index (χ2v) is 9.71. The molecule has 3 amide bonds. The Labute approximate surface area is 193 Å². The molecule has 1 aromatic carbocycles. The van der Waals surface area contributed by atoms with Crippen molar-refractivity contribution in [2.45, 2.75) is 43.3 Å². The lowest BCUT2D eigenvalue weighted by Gasteiger charge is -2.28. The number of nitrogens with zero attached hydrogens (tertiary/aromatic N) is 3. The van der Waals surface area contributed by atoms with Crippen molar-refractivity contribution in [3.8, 4) is 0 Å². The highest BCUT2D eigenvalue weighted by Crippen LogP contribution is 2.35. The van der Waals surface area contributed by atoms with E-state index >= 15 is 0 Å². The second-order valence-electron chi connectivity index (χ2n) is 7.76. The standard InChI is InChI=1S/C21H20F3N3O6S/c1-4-33-17(28)16-11-25-10-9-13(16)12-26-19(30)27(18(29)20(26,2)3)14-5-7-15(8-6-14)34(31,32)21(22,23)24/h5-11H,4,12H2,1-3H3. The van der Waals surface area contributed by atoms with Gasteiger partial charge < -0.3 is 9.64 Å². The third kappa shape index (κ3) is 4.22. The van der Waals surface area contributed by atoms with E-state index in [1.165, 1.54) is 37.2 Å². The van der Waals surface area contributed by atoms with Crippen LogP contribution in [0.1, 0.15) is 36.7 Å². The van der Waals surface area contributed by atoms with Gasteiger partial charge in [0.25, 0.3) is 15.7 Å². The second kappa shape index (κ2) is 8.70. The highest BCUT2D eigenvalue weighted by Gasteiger charge is 2.52. The number of amides is 3. The van der Waals surface area contributed by atoms with E-state index in [0.717, 1.165) is 17.0 Å². The SMILES string of the molecule is CCOC(=O)c1cnccc1CN1C(=O)N(c2ccc(S(=O)(=O)C(F)(F)F)cc2)C(=O)C1(C)C. The van der Waals surface area contributed by atoms with E-state index in [-0.39, 0.29) is 24.4 Å². The Morgan fingerprint density at radius 3 is 2.29 bits per heavy atom. The molecule has 0 bridgehead atoms. The molecule has 3 rings (SSSR count). The summed E-state index contributed by atoms with van der Waals surface area (Å²) in [4.78, 5) is 43.3. The van der Waals surface area contributed by atoms with Crippen LogP contribution in [0.4, 0.5) is 23.7 Å². The predicted octanol–water partition coefficient (Wildman–Crippen LogP) is 3.30. The first-order chi connectivity index (χ1) is 15.7. The van der Waals surface area contributed by atoms with Crippen LogP contribution in [0, 0.1) is 0 Å². The van der Waals surface area contributed by atoms with E-state index in [0.29, 0.717) is 17.7 Å². The Balaban J connectivity index is 1.94. The van der Waals surface area contributed by atoms with E-state index in [9.17, 15) is 36.0 Å². The van der Waals surface area contributed by atoms with Gasteiger partial charge >= 0.3 is 17.5 Å². The Bertz CT molecular complexity index is 1240. The van der Waals surface area contributed by atoms with E-state index in [4.69, 9.17) is 4.74 Å². The summed E-state index contributed by atoms with van der Waals surface area (Å²) >= 11 is 0. The number of carbonyl (C=O) groups excluding carboxylic acids is 3. The molecule has 1 aliphatic rings. The van der Waals surface area contributed by atoms with Crippen molar-refractivity contribution in [1.82, 2.24) is 9.88 Å². The number of halogens is 3. The molecule has 0 unspecified atom stereocenters. The van der Waals surface area contributed by atoms with Crippen molar-refractivity contribution >= 4 is 33.4 Å². The average molecular weight is 499 g/mol. The number of hydrogen-bond donors (Lipinski definition) is 0. The monoisotopic (exact) mass is 499 g/mol. The number of aromatic nitrogens is 1. The Hall–Kier alpha value is -3.48. The normalized spacial score (nSPS) is 16.2. The number of imide groups is 1. The minimum atomic E-state index is -5.58. The van der Waals surface area contributed by atoms with Crippen molar-refractivity contribution < 1.29 is 40.7 Å². The smallest absolute Gasteiger partial charge is 0.462 e. The van der Waals surface area contributed by atoms with Crippen LogP contribution in [-0.2, 0) is 25.9 Å². The number of esters is 1. The van der Waals surface area contributed by atoms with Crippen molar-refractivity contribution in [2.24, 2.45) is 0 Å². The number of sulfone groups is 1. The van der Waals surface area contributed by atoms with Gasteiger partial charge in [0.1, 0.15) is 5.54 Å². The zero-order valence-corrected chi connectivity index (χ0v) is 19.1. The van der Waals surface area contributed by atoms with E-state index < -0.39 is 43.7 Å². The molecule has 1 fully saturated rings. The number of alkyl halides is 3. The number of carbonyl (C=O) groups is 3. The van der Waals surface area contributed by atoms with Crippen molar-refractivity contribution in [1.29, 1.82) is 0 Å². The van der Waals surface area contributed by atoms with Gasteiger partial charge in [0.15, 0.2) is 0 Å². The molecule has 0 saturated carbocycles. The summed E-state index contributed by atoms with van der Waals surface area (Å²) in [5.74, 6) is -1.34. The number of ether oxygens (including phenoxy) is 1. The molecule has 2 heterocycles. The molecule has 13 heteroatoms. The first-order valence-corrected chi connectivity index (χ1v) is 11.4. The summed E-state index contributed by atoms with van der Waals surface area (Å²) < 4.78 is 66.5. The number of benzene rings is 1. The van der Waals surface area contributed by atoms with Crippen LogP contribution < -0.4 is 4.90 Å². The molecule has 1 saturated heterocycles. The van der Waals surface area contributed by atoms with Crippen LogP contribution in [0.5, 0.6) is 0 Å². The summed E-state index contributed by atoms with van der Waals surface area (Å²) in [5.41, 5.74) is -6.50. The van der Waals surface area contributed by atoms with Gasteiger partial charge in [-0.05, 0) is 56.7 Å². The summed E-state index contributed by atoms with van der Waals surface area (Å²) in [7, 11) is -5.58. The lowest BCUT2D eigenvalue weighted by Crippen LogP contribution is -2.44. The molecule has 0 N–H and O–H groups in total. The molecule has 2 aromatic rings.